The van der Waals surface area contributed by atoms with Gasteiger partial charge in [0.05, 0.1) is 13.0 Å². The van der Waals surface area contributed by atoms with Crippen LogP contribution >= 0.6 is 0 Å². The highest BCUT2D eigenvalue weighted by Crippen LogP contribution is 2.18. The third-order valence-electron chi connectivity index (χ3n) is 2.91. The van der Waals surface area contributed by atoms with Gasteiger partial charge in [0.25, 0.3) is 0 Å². The van der Waals surface area contributed by atoms with Gasteiger partial charge in [-0.1, -0.05) is 24.3 Å². The van der Waals surface area contributed by atoms with E-state index in [1.165, 1.54) is 7.05 Å². The minimum absolute atomic E-state index is 0.189. The van der Waals surface area contributed by atoms with E-state index in [1.54, 1.807) is 24.3 Å². The fourth-order valence-corrected chi connectivity index (χ4v) is 1.84. The van der Waals surface area contributed by atoms with Gasteiger partial charge in [0.2, 0.25) is 0 Å². The van der Waals surface area contributed by atoms with Crippen LogP contribution in [-0.2, 0) is 17.9 Å². The molecule has 0 heterocycles. The molecule has 0 aliphatic rings. The van der Waals surface area contributed by atoms with Gasteiger partial charge >= 0.3 is 12.4 Å². The summed E-state index contributed by atoms with van der Waals surface area (Å²) in [6.45, 7) is -1.58. The van der Waals surface area contributed by atoms with Gasteiger partial charge in [0, 0.05) is 20.1 Å². The molecule has 0 unspecified atom stereocenters. The molecule has 1 aromatic rings. The molecule has 1 aromatic carbocycles. The van der Waals surface area contributed by atoms with E-state index in [-0.39, 0.29) is 25.7 Å². The fraction of sp³-hybridized carbons (Fsp3) is 0.533. The van der Waals surface area contributed by atoms with E-state index in [2.05, 4.69) is 20.4 Å². The molecule has 0 atom stereocenters. The van der Waals surface area contributed by atoms with Gasteiger partial charge in [0.15, 0.2) is 5.96 Å². The summed E-state index contributed by atoms with van der Waals surface area (Å²) in [6.07, 6.45) is -9.62. The maximum absolute atomic E-state index is 12.1. The average molecular weight is 371 g/mol. The molecule has 0 radical (unpaired) electrons. The number of nitrogens with zero attached hydrogens (tertiary/aromatic N) is 1. The Morgan fingerprint density at radius 2 is 1.72 bits per heavy atom. The summed E-state index contributed by atoms with van der Waals surface area (Å²) >= 11 is 0. The first kappa shape index (κ1) is 21.1. The van der Waals surface area contributed by atoms with Crippen molar-refractivity contribution in [2.75, 3.05) is 20.2 Å². The topological polar surface area (TPSA) is 45.7 Å². The van der Waals surface area contributed by atoms with Crippen molar-refractivity contribution in [1.29, 1.82) is 0 Å². The Labute approximate surface area is 141 Å². The lowest BCUT2D eigenvalue weighted by molar-refractivity contribution is -0.176. The zero-order chi connectivity index (χ0) is 18.9. The van der Waals surface area contributed by atoms with Gasteiger partial charge < -0.3 is 15.4 Å². The molecule has 2 N–H and O–H groups in total. The number of nitrogens with one attached hydrogen (secondary N) is 2. The molecule has 1 rings (SSSR count). The van der Waals surface area contributed by atoms with Gasteiger partial charge in [-0.05, 0) is 11.1 Å². The van der Waals surface area contributed by atoms with E-state index in [0.717, 1.165) is 5.56 Å². The van der Waals surface area contributed by atoms with Crippen molar-refractivity contribution in [1.82, 2.24) is 10.6 Å². The number of benzene rings is 1. The third kappa shape index (κ3) is 10.5. The Hall–Kier alpha value is -1.97. The zero-order valence-electron chi connectivity index (χ0n) is 13.5. The van der Waals surface area contributed by atoms with E-state index in [0.29, 0.717) is 5.56 Å². The summed E-state index contributed by atoms with van der Waals surface area (Å²) in [4.78, 5) is 3.80. The predicted molar refractivity (Wildman–Crippen MR) is 81.0 cm³/mol. The highest BCUT2D eigenvalue weighted by atomic mass is 19.4. The summed E-state index contributed by atoms with van der Waals surface area (Å²) in [5.74, 6) is 0.197. The number of guanidine groups is 1. The molecule has 0 aliphatic carbocycles. The van der Waals surface area contributed by atoms with Crippen LogP contribution in [0.2, 0.25) is 0 Å². The summed E-state index contributed by atoms with van der Waals surface area (Å²) in [5.41, 5.74) is 1.29. The van der Waals surface area contributed by atoms with Crippen molar-refractivity contribution in [3.63, 3.8) is 0 Å². The average Bonchev–Trinajstić information content (AvgIpc) is 2.48. The van der Waals surface area contributed by atoms with Gasteiger partial charge in [-0.2, -0.15) is 26.3 Å². The SMILES string of the molecule is CN=C(NCCC(F)(F)F)NCc1cccc(COCC(F)(F)F)c1. The van der Waals surface area contributed by atoms with Crippen LogP contribution in [0.4, 0.5) is 26.3 Å². The third-order valence-corrected chi connectivity index (χ3v) is 2.91. The summed E-state index contributed by atoms with van der Waals surface area (Å²) in [6, 6.07) is 6.65. The van der Waals surface area contributed by atoms with Crippen LogP contribution in [0.3, 0.4) is 0 Å². The summed E-state index contributed by atoms with van der Waals surface area (Å²) in [7, 11) is 1.42. The minimum Gasteiger partial charge on any atom is -0.367 e. The number of hydrogen-bond acceptors (Lipinski definition) is 2. The van der Waals surface area contributed by atoms with Gasteiger partial charge in [-0.3, -0.25) is 4.99 Å². The van der Waals surface area contributed by atoms with Gasteiger partial charge in [-0.25, -0.2) is 0 Å². The van der Waals surface area contributed by atoms with Crippen LogP contribution in [0.5, 0.6) is 0 Å². The Morgan fingerprint density at radius 3 is 2.32 bits per heavy atom. The quantitative estimate of drug-likeness (QED) is 0.439. The van der Waals surface area contributed by atoms with Crippen molar-refractivity contribution >= 4 is 5.96 Å². The van der Waals surface area contributed by atoms with Crippen LogP contribution in [0.25, 0.3) is 0 Å². The van der Waals surface area contributed by atoms with Crippen LogP contribution in [0, 0.1) is 0 Å². The fourth-order valence-electron chi connectivity index (χ4n) is 1.84. The van der Waals surface area contributed by atoms with Crippen molar-refractivity contribution in [3.8, 4) is 0 Å². The normalized spacial score (nSPS) is 13.0. The molecule has 10 heteroatoms. The number of halogens is 6. The van der Waals surface area contributed by atoms with Crippen LogP contribution in [-0.4, -0.2) is 38.5 Å². The Kier molecular flexibility index (Phi) is 8.01. The lowest BCUT2D eigenvalue weighted by Crippen LogP contribution is -2.38. The smallest absolute Gasteiger partial charge is 0.367 e. The first-order valence-corrected chi connectivity index (χ1v) is 7.32. The molecule has 0 amide bonds. The number of aliphatic imine (C=N–C) groups is 1. The molecular formula is C15H19F6N3O. The number of hydrogen-bond donors (Lipinski definition) is 2. The Morgan fingerprint density at radius 1 is 1.04 bits per heavy atom. The molecule has 0 aromatic heterocycles. The molecule has 0 bridgehead atoms. The first-order chi connectivity index (χ1) is 11.6. The molecule has 0 aliphatic heterocycles. The molecule has 0 saturated carbocycles. The Bertz CT molecular complexity index is 557. The van der Waals surface area contributed by atoms with E-state index in [1.807, 2.05) is 0 Å². The second kappa shape index (κ2) is 9.50. The molecule has 25 heavy (non-hydrogen) atoms. The molecule has 0 fully saturated rings. The summed E-state index contributed by atoms with van der Waals surface area (Å²) < 4.78 is 77.0. The maximum atomic E-state index is 12.1. The highest BCUT2D eigenvalue weighted by molar-refractivity contribution is 5.79. The minimum atomic E-state index is -4.38. The second-order valence-corrected chi connectivity index (χ2v) is 5.15. The highest BCUT2D eigenvalue weighted by Gasteiger charge is 2.27. The van der Waals surface area contributed by atoms with Crippen molar-refractivity contribution in [2.24, 2.45) is 4.99 Å². The van der Waals surface area contributed by atoms with Crippen LogP contribution in [0.15, 0.2) is 29.3 Å². The number of rotatable bonds is 7. The first-order valence-electron chi connectivity index (χ1n) is 7.32. The predicted octanol–water partition coefficient (Wildman–Crippen LogP) is 3.38. The standard InChI is InChI=1S/C15H19F6N3O/c1-22-13(23-6-5-14(16,17)18)24-8-11-3-2-4-12(7-11)9-25-10-15(19,20)21/h2-4,7H,5-6,8-10H2,1H3,(H2,22,23,24). The van der Waals surface area contributed by atoms with Gasteiger partial charge in [-0.15, -0.1) is 0 Å². The van der Waals surface area contributed by atoms with E-state index >= 15 is 0 Å². The van der Waals surface area contributed by atoms with Gasteiger partial charge in [0.1, 0.15) is 6.61 Å². The van der Waals surface area contributed by atoms with E-state index in [4.69, 9.17) is 0 Å². The number of ether oxygens (including phenoxy) is 1. The number of alkyl halides is 6. The lowest BCUT2D eigenvalue weighted by atomic mass is 10.1. The van der Waals surface area contributed by atoms with Crippen molar-refractivity contribution in [3.05, 3.63) is 35.4 Å². The Balaban J connectivity index is 2.44. The van der Waals surface area contributed by atoms with Crippen molar-refractivity contribution < 1.29 is 31.1 Å². The van der Waals surface area contributed by atoms with Crippen LogP contribution < -0.4 is 10.6 Å². The van der Waals surface area contributed by atoms with Crippen molar-refractivity contribution in [2.45, 2.75) is 31.9 Å². The molecule has 142 valence electrons. The van der Waals surface area contributed by atoms with Crippen LogP contribution in [0.1, 0.15) is 17.5 Å². The van der Waals surface area contributed by atoms with E-state index in [9.17, 15) is 26.3 Å². The lowest BCUT2D eigenvalue weighted by Gasteiger charge is -2.13. The molecule has 4 nitrogen and oxygen atoms in total. The van der Waals surface area contributed by atoms with E-state index < -0.39 is 25.4 Å². The zero-order valence-corrected chi connectivity index (χ0v) is 13.5. The molecule has 0 spiro atoms. The maximum Gasteiger partial charge on any atom is 0.411 e. The summed E-state index contributed by atoms with van der Waals surface area (Å²) in [5, 5.41) is 5.36. The largest absolute Gasteiger partial charge is 0.411 e. The second-order valence-electron chi connectivity index (χ2n) is 5.15. The molecular weight excluding hydrogens is 352 g/mol. The molecule has 0 saturated heterocycles. The monoisotopic (exact) mass is 371 g/mol.